The highest BCUT2D eigenvalue weighted by molar-refractivity contribution is 5.67. The van der Waals surface area contributed by atoms with Crippen molar-refractivity contribution in [3.05, 3.63) is 41.1 Å². The van der Waals surface area contributed by atoms with Crippen molar-refractivity contribution in [2.75, 3.05) is 39.3 Å². The van der Waals surface area contributed by atoms with Crippen LogP contribution in [0.15, 0.2) is 24.4 Å². The molecule has 0 bridgehead atoms. The van der Waals surface area contributed by atoms with Gasteiger partial charge in [0.15, 0.2) is 0 Å². The van der Waals surface area contributed by atoms with Gasteiger partial charge in [-0.1, -0.05) is 17.7 Å². The average Bonchev–Trinajstić information content (AvgIpc) is 3.30. The van der Waals surface area contributed by atoms with Gasteiger partial charge in [0.1, 0.15) is 0 Å². The van der Waals surface area contributed by atoms with Crippen molar-refractivity contribution < 1.29 is 0 Å². The van der Waals surface area contributed by atoms with Crippen molar-refractivity contribution >= 4 is 0 Å². The van der Waals surface area contributed by atoms with Crippen LogP contribution >= 0.6 is 0 Å². The number of aromatic amines is 1. The maximum atomic E-state index is 4.34. The molecule has 3 heterocycles. The third kappa shape index (κ3) is 3.64. The van der Waals surface area contributed by atoms with E-state index in [1.165, 1.54) is 60.5 Å². The Morgan fingerprint density at radius 3 is 2.76 bits per heavy atom. The number of nitrogens with zero attached hydrogens (tertiary/aromatic N) is 3. The molecule has 1 aromatic carbocycles. The fraction of sp³-hybridized carbons (Fsp3) is 0.550. The van der Waals surface area contributed by atoms with E-state index in [0.29, 0.717) is 0 Å². The van der Waals surface area contributed by atoms with Crippen LogP contribution in [-0.4, -0.2) is 65.3 Å². The number of rotatable bonds is 4. The Bertz CT molecular complexity index is 709. The van der Waals surface area contributed by atoms with Crippen molar-refractivity contribution in [2.24, 2.45) is 0 Å². The van der Waals surface area contributed by atoms with Gasteiger partial charge < -0.3 is 5.32 Å². The van der Waals surface area contributed by atoms with Crippen LogP contribution in [0.25, 0.3) is 11.3 Å². The van der Waals surface area contributed by atoms with Crippen LogP contribution in [0.2, 0.25) is 0 Å². The monoisotopic (exact) mass is 339 g/mol. The van der Waals surface area contributed by atoms with E-state index in [1.807, 2.05) is 6.20 Å². The molecule has 2 fully saturated rings. The summed E-state index contributed by atoms with van der Waals surface area (Å²) in [5, 5.41) is 11.1. The van der Waals surface area contributed by atoms with Gasteiger partial charge in [0.2, 0.25) is 0 Å². The molecule has 0 spiro atoms. The first-order chi connectivity index (χ1) is 12.2. The molecule has 0 unspecified atom stereocenters. The van der Waals surface area contributed by atoms with Crippen molar-refractivity contribution in [3.63, 3.8) is 0 Å². The summed E-state index contributed by atoms with van der Waals surface area (Å²) in [4.78, 5) is 5.23. The first kappa shape index (κ1) is 16.8. The van der Waals surface area contributed by atoms with Crippen LogP contribution in [-0.2, 0) is 6.54 Å². The minimum absolute atomic E-state index is 0.751. The van der Waals surface area contributed by atoms with Crippen molar-refractivity contribution in [1.29, 1.82) is 0 Å². The first-order valence-electron chi connectivity index (χ1n) is 9.48. The maximum Gasteiger partial charge on any atom is 0.0698 e. The smallest absolute Gasteiger partial charge is 0.0698 e. The number of H-pyrrole nitrogens is 1. The minimum atomic E-state index is 0.751. The number of hydrogen-bond donors (Lipinski definition) is 2. The van der Waals surface area contributed by atoms with Gasteiger partial charge in [-0.3, -0.25) is 14.9 Å². The highest BCUT2D eigenvalue weighted by Gasteiger charge is 2.26. The Hall–Kier alpha value is -1.69. The van der Waals surface area contributed by atoms with Crippen LogP contribution in [0, 0.1) is 13.8 Å². The number of benzene rings is 1. The van der Waals surface area contributed by atoms with Gasteiger partial charge in [0, 0.05) is 56.4 Å². The van der Waals surface area contributed by atoms with Gasteiger partial charge in [-0.05, 0) is 38.4 Å². The average molecular weight is 339 g/mol. The van der Waals surface area contributed by atoms with Gasteiger partial charge in [-0.2, -0.15) is 5.10 Å². The van der Waals surface area contributed by atoms with E-state index in [0.717, 1.165) is 25.7 Å². The zero-order valence-electron chi connectivity index (χ0n) is 15.4. The van der Waals surface area contributed by atoms with Crippen LogP contribution in [0.4, 0.5) is 0 Å². The predicted molar refractivity (Wildman–Crippen MR) is 102 cm³/mol. The summed E-state index contributed by atoms with van der Waals surface area (Å²) < 4.78 is 0. The van der Waals surface area contributed by atoms with Gasteiger partial charge >= 0.3 is 0 Å². The van der Waals surface area contributed by atoms with Crippen molar-refractivity contribution in [2.45, 2.75) is 32.9 Å². The van der Waals surface area contributed by atoms with E-state index in [9.17, 15) is 0 Å². The number of aryl methyl sites for hydroxylation is 2. The molecule has 2 aliphatic heterocycles. The predicted octanol–water partition coefficient (Wildman–Crippen LogP) is 2.17. The minimum Gasteiger partial charge on any atom is -0.315 e. The Morgan fingerprint density at radius 1 is 1.16 bits per heavy atom. The summed E-state index contributed by atoms with van der Waals surface area (Å²) in [7, 11) is 0. The fourth-order valence-electron chi connectivity index (χ4n) is 4.15. The van der Waals surface area contributed by atoms with Crippen molar-refractivity contribution in [1.82, 2.24) is 25.3 Å². The number of aromatic nitrogens is 2. The molecule has 1 aromatic heterocycles. The number of hydrogen-bond acceptors (Lipinski definition) is 4. The second-order valence-corrected chi connectivity index (χ2v) is 7.55. The number of piperazine rings is 1. The molecule has 2 aliphatic rings. The second kappa shape index (κ2) is 7.28. The summed E-state index contributed by atoms with van der Waals surface area (Å²) >= 11 is 0. The molecular formula is C20H29N5. The largest absolute Gasteiger partial charge is 0.315 e. The summed E-state index contributed by atoms with van der Waals surface area (Å²) in [5.41, 5.74) is 6.37. The van der Waals surface area contributed by atoms with Crippen LogP contribution in [0.5, 0.6) is 0 Å². The van der Waals surface area contributed by atoms with E-state index in [-0.39, 0.29) is 0 Å². The molecule has 4 rings (SSSR count). The van der Waals surface area contributed by atoms with Gasteiger partial charge in [-0.25, -0.2) is 0 Å². The van der Waals surface area contributed by atoms with E-state index < -0.39 is 0 Å². The zero-order chi connectivity index (χ0) is 17.2. The molecule has 0 radical (unpaired) electrons. The van der Waals surface area contributed by atoms with Gasteiger partial charge in [-0.15, -0.1) is 0 Å². The molecule has 2 N–H and O–H groups in total. The summed E-state index contributed by atoms with van der Waals surface area (Å²) in [6, 6.07) is 7.38. The molecule has 134 valence electrons. The van der Waals surface area contributed by atoms with E-state index >= 15 is 0 Å². The lowest BCUT2D eigenvalue weighted by atomic mass is 10.00. The SMILES string of the molecule is Cc1ccc(C)c(-c2[nH]ncc2CN2CCN([C@@H]3CCNC3)CC2)c1. The molecule has 0 saturated carbocycles. The second-order valence-electron chi connectivity index (χ2n) is 7.55. The van der Waals surface area contributed by atoms with Crippen molar-refractivity contribution in [3.8, 4) is 11.3 Å². The molecule has 0 aliphatic carbocycles. The fourth-order valence-corrected chi connectivity index (χ4v) is 4.15. The summed E-state index contributed by atoms with van der Waals surface area (Å²) in [5.74, 6) is 0. The lowest BCUT2D eigenvalue weighted by Crippen LogP contribution is -2.50. The quantitative estimate of drug-likeness (QED) is 0.896. The Kier molecular flexibility index (Phi) is 4.88. The zero-order valence-corrected chi connectivity index (χ0v) is 15.4. The summed E-state index contributed by atoms with van der Waals surface area (Å²) in [6.45, 7) is 12.3. The Balaban J connectivity index is 1.43. The number of nitrogens with one attached hydrogen (secondary N) is 2. The van der Waals surface area contributed by atoms with E-state index in [1.54, 1.807) is 0 Å². The van der Waals surface area contributed by atoms with E-state index in [4.69, 9.17) is 0 Å². The molecule has 2 saturated heterocycles. The molecule has 5 nitrogen and oxygen atoms in total. The summed E-state index contributed by atoms with van der Waals surface area (Å²) in [6.07, 6.45) is 3.31. The molecule has 25 heavy (non-hydrogen) atoms. The normalized spacial score (nSPS) is 22.6. The van der Waals surface area contributed by atoms with Crippen LogP contribution in [0.3, 0.4) is 0 Å². The lowest BCUT2D eigenvalue weighted by Gasteiger charge is -2.37. The topological polar surface area (TPSA) is 47.2 Å². The third-order valence-electron chi connectivity index (χ3n) is 5.73. The molecule has 5 heteroatoms. The molecular weight excluding hydrogens is 310 g/mol. The molecule has 0 amide bonds. The maximum absolute atomic E-state index is 4.34. The highest BCUT2D eigenvalue weighted by Crippen LogP contribution is 2.27. The third-order valence-corrected chi connectivity index (χ3v) is 5.73. The van der Waals surface area contributed by atoms with Gasteiger partial charge in [0.25, 0.3) is 0 Å². The Labute approximate surface area is 150 Å². The van der Waals surface area contributed by atoms with E-state index in [2.05, 4.69) is 57.4 Å². The standard InChI is InChI=1S/C20H29N5/c1-15-3-4-16(2)19(11-15)20-17(12-22-23-20)14-24-7-9-25(10-8-24)18-5-6-21-13-18/h3-4,11-12,18,21H,5-10,13-14H2,1-2H3,(H,22,23)/t18-/m1/s1. The highest BCUT2D eigenvalue weighted by atomic mass is 15.3. The Morgan fingerprint density at radius 2 is 2.00 bits per heavy atom. The first-order valence-corrected chi connectivity index (χ1v) is 9.48. The van der Waals surface area contributed by atoms with Crippen LogP contribution < -0.4 is 5.32 Å². The van der Waals surface area contributed by atoms with Crippen LogP contribution in [0.1, 0.15) is 23.1 Å². The molecule has 2 aromatic rings. The van der Waals surface area contributed by atoms with Gasteiger partial charge in [0.05, 0.1) is 11.9 Å². The lowest BCUT2D eigenvalue weighted by molar-refractivity contribution is 0.0982. The molecule has 1 atom stereocenters.